The van der Waals surface area contributed by atoms with E-state index in [0.29, 0.717) is 29.7 Å². The van der Waals surface area contributed by atoms with Gasteiger partial charge < -0.3 is 14.4 Å². The van der Waals surface area contributed by atoms with Gasteiger partial charge in [0.2, 0.25) is 0 Å². The van der Waals surface area contributed by atoms with Crippen LogP contribution in [-0.4, -0.2) is 45.4 Å². The predicted octanol–water partition coefficient (Wildman–Crippen LogP) is 5.45. The summed E-state index contributed by atoms with van der Waals surface area (Å²) in [6.45, 7) is 5.68. The third-order valence-corrected chi connectivity index (χ3v) is 7.28. The summed E-state index contributed by atoms with van der Waals surface area (Å²) < 4.78 is 55.3. The maximum absolute atomic E-state index is 13.9. The van der Waals surface area contributed by atoms with Crippen LogP contribution in [0.2, 0.25) is 0 Å². The Morgan fingerprint density at radius 3 is 2.41 bits per heavy atom. The van der Waals surface area contributed by atoms with Gasteiger partial charge in [-0.3, -0.25) is 9.13 Å². The zero-order valence-electron chi connectivity index (χ0n) is 21.2. The molecule has 7 nitrogen and oxygen atoms in total. The summed E-state index contributed by atoms with van der Waals surface area (Å²) >= 11 is 0. The van der Waals surface area contributed by atoms with Crippen LogP contribution in [0.4, 0.5) is 18.0 Å². The monoisotopic (exact) mass is 517 g/mol. The largest absolute Gasteiger partial charge is 0.494 e. The zero-order valence-corrected chi connectivity index (χ0v) is 21.2. The van der Waals surface area contributed by atoms with E-state index >= 15 is 0 Å². The molecule has 3 aromatic rings. The van der Waals surface area contributed by atoms with E-state index in [0.717, 1.165) is 12.5 Å². The van der Waals surface area contributed by atoms with Gasteiger partial charge in [-0.2, -0.15) is 13.2 Å². The Morgan fingerprint density at radius 2 is 1.78 bits per heavy atom. The number of carbonyl (C=O) groups is 1. The number of methoxy groups -OCH3 is 1. The Balaban J connectivity index is 1.54. The zero-order chi connectivity index (χ0) is 26.7. The van der Waals surface area contributed by atoms with Crippen LogP contribution in [0.3, 0.4) is 0 Å². The molecule has 1 aliphatic carbocycles. The number of nitrogens with zero attached hydrogens (tertiary/aromatic N) is 3. The van der Waals surface area contributed by atoms with E-state index in [-0.39, 0.29) is 36.2 Å². The number of aromatic nitrogens is 2. The average Bonchev–Trinajstić information content (AvgIpc) is 3.49. The van der Waals surface area contributed by atoms with E-state index in [1.807, 2.05) is 20.8 Å². The standard InChI is InChI=1S/C27H30F3N3O4/c1-26(2,3)37-25(35)31-15-17-12-18(31)13-21(17)33-20-10-7-11-22(36-4)23(20)32(24(33)34)14-16-8-5-6-9-19(16)27(28,29)30/h5-11,17-18,21H,12-15H2,1-4H3. The molecule has 5 rings (SSSR count). The highest BCUT2D eigenvalue weighted by atomic mass is 19.4. The molecule has 0 radical (unpaired) electrons. The van der Waals surface area contributed by atoms with Gasteiger partial charge in [-0.15, -0.1) is 0 Å². The summed E-state index contributed by atoms with van der Waals surface area (Å²) in [5.74, 6) is 0.444. The summed E-state index contributed by atoms with van der Waals surface area (Å²) in [4.78, 5) is 28.3. The van der Waals surface area contributed by atoms with E-state index in [9.17, 15) is 22.8 Å². The normalized spacial score (nSPS) is 21.6. The number of fused-ring (bicyclic) bond motifs is 3. The molecule has 0 N–H and O–H groups in total. The van der Waals surface area contributed by atoms with Gasteiger partial charge in [-0.25, -0.2) is 9.59 Å². The van der Waals surface area contributed by atoms with Gasteiger partial charge in [-0.05, 0) is 63.3 Å². The fourth-order valence-corrected chi connectivity index (χ4v) is 5.83. The second-order valence-electron chi connectivity index (χ2n) is 10.8. The highest BCUT2D eigenvalue weighted by Crippen LogP contribution is 2.46. The minimum Gasteiger partial charge on any atom is -0.494 e. The van der Waals surface area contributed by atoms with Crippen LogP contribution in [0.15, 0.2) is 47.3 Å². The third-order valence-electron chi connectivity index (χ3n) is 7.28. The second kappa shape index (κ2) is 8.85. The van der Waals surface area contributed by atoms with Gasteiger partial charge in [0.15, 0.2) is 0 Å². The third kappa shape index (κ3) is 4.46. The van der Waals surface area contributed by atoms with E-state index in [2.05, 4.69) is 0 Å². The molecule has 37 heavy (non-hydrogen) atoms. The molecule has 10 heteroatoms. The second-order valence-corrected chi connectivity index (χ2v) is 10.8. The maximum atomic E-state index is 13.9. The fraction of sp³-hybridized carbons (Fsp3) is 0.481. The van der Waals surface area contributed by atoms with Crippen LogP contribution >= 0.6 is 0 Å². The van der Waals surface area contributed by atoms with Crippen molar-refractivity contribution in [2.75, 3.05) is 13.7 Å². The summed E-state index contributed by atoms with van der Waals surface area (Å²) in [6.07, 6.45) is -3.60. The van der Waals surface area contributed by atoms with Gasteiger partial charge in [0.25, 0.3) is 0 Å². The molecule has 0 spiro atoms. The number of ether oxygens (including phenoxy) is 2. The van der Waals surface area contributed by atoms with Crippen molar-refractivity contribution in [2.45, 2.75) is 64.0 Å². The molecule has 2 aliphatic rings. The van der Waals surface area contributed by atoms with Gasteiger partial charge >= 0.3 is 18.0 Å². The molecule has 2 heterocycles. The first-order valence-electron chi connectivity index (χ1n) is 12.3. The van der Waals surface area contributed by atoms with E-state index in [1.165, 1.54) is 29.9 Å². The van der Waals surface area contributed by atoms with E-state index in [4.69, 9.17) is 9.47 Å². The molecule has 1 amide bonds. The number of hydrogen-bond acceptors (Lipinski definition) is 4. The molecule has 1 saturated carbocycles. The lowest BCUT2D eigenvalue weighted by Gasteiger charge is -2.33. The molecule has 1 saturated heterocycles. The highest BCUT2D eigenvalue weighted by Gasteiger charge is 2.49. The summed E-state index contributed by atoms with van der Waals surface area (Å²) in [6, 6.07) is 10.3. The molecule has 2 fully saturated rings. The Morgan fingerprint density at radius 1 is 1.05 bits per heavy atom. The number of rotatable bonds is 4. The first kappa shape index (κ1) is 25.2. The van der Waals surface area contributed by atoms with Gasteiger partial charge in [0.05, 0.1) is 24.7 Å². The van der Waals surface area contributed by atoms with Crippen molar-refractivity contribution in [3.63, 3.8) is 0 Å². The molecule has 3 atom stereocenters. The number of hydrogen-bond donors (Lipinski definition) is 0. The molecular weight excluding hydrogens is 487 g/mol. The molecule has 2 bridgehead atoms. The number of alkyl halides is 3. The fourth-order valence-electron chi connectivity index (χ4n) is 5.83. The highest BCUT2D eigenvalue weighted by molar-refractivity contribution is 5.83. The van der Waals surface area contributed by atoms with Crippen molar-refractivity contribution >= 4 is 17.1 Å². The average molecular weight is 518 g/mol. The first-order chi connectivity index (χ1) is 17.4. The van der Waals surface area contributed by atoms with Crippen molar-refractivity contribution in [1.29, 1.82) is 0 Å². The van der Waals surface area contributed by atoms with Crippen LogP contribution < -0.4 is 10.4 Å². The van der Waals surface area contributed by atoms with Crippen LogP contribution in [0, 0.1) is 5.92 Å². The van der Waals surface area contributed by atoms with Crippen molar-refractivity contribution < 1.29 is 27.4 Å². The summed E-state index contributed by atoms with van der Waals surface area (Å²) in [7, 11) is 1.47. The lowest BCUT2D eigenvalue weighted by molar-refractivity contribution is -0.138. The van der Waals surface area contributed by atoms with Crippen LogP contribution in [0.25, 0.3) is 11.0 Å². The number of para-hydroxylation sites is 1. The number of halogens is 3. The number of likely N-dealkylation sites (tertiary alicyclic amines) is 1. The Labute approximate surface area is 212 Å². The lowest BCUT2D eigenvalue weighted by Crippen LogP contribution is -2.44. The van der Waals surface area contributed by atoms with Crippen LogP contribution in [-0.2, 0) is 17.5 Å². The minimum atomic E-state index is -4.54. The van der Waals surface area contributed by atoms with Gasteiger partial charge in [0, 0.05) is 18.6 Å². The molecular formula is C27H30F3N3O4. The van der Waals surface area contributed by atoms with Gasteiger partial charge in [0.1, 0.15) is 16.9 Å². The SMILES string of the molecule is COc1cccc2c1n(Cc1ccccc1C(F)(F)F)c(=O)n2C1CC2CC1CN2C(=O)OC(C)(C)C. The number of amides is 1. The molecule has 3 unspecified atom stereocenters. The number of benzene rings is 2. The molecule has 2 aromatic carbocycles. The Hall–Kier alpha value is -3.43. The van der Waals surface area contributed by atoms with Crippen LogP contribution in [0.5, 0.6) is 5.75 Å². The van der Waals surface area contributed by atoms with Crippen molar-refractivity contribution in [2.24, 2.45) is 5.92 Å². The van der Waals surface area contributed by atoms with Crippen molar-refractivity contribution in [1.82, 2.24) is 14.0 Å². The van der Waals surface area contributed by atoms with Crippen molar-refractivity contribution in [3.05, 3.63) is 64.1 Å². The van der Waals surface area contributed by atoms with E-state index < -0.39 is 23.0 Å². The Bertz CT molecular complexity index is 1400. The molecule has 1 aliphatic heterocycles. The Kier molecular flexibility index (Phi) is 6.03. The maximum Gasteiger partial charge on any atom is 0.416 e. The smallest absolute Gasteiger partial charge is 0.416 e. The summed E-state index contributed by atoms with van der Waals surface area (Å²) in [5, 5.41) is 0. The van der Waals surface area contributed by atoms with E-state index in [1.54, 1.807) is 27.7 Å². The minimum absolute atomic E-state index is 0.00565. The number of imidazole rings is 1. The lowest BCUT2D eigenvalue weighted by atomic mass is 10.0. The topological polar surface area (TPSA) is 65.7 Å². The van der Waals surface area contributed by atoms with Crippen molar-refractivity contribution in [3.8, 4) is 5.75 Å². The van der Waals surface area contributed by atoms with Gasteiger partial charge in [-0.1, -0.05) is 24.3 Å². The quantitative estimate of drug-likeness (QED) is 0.462. The van der Waals surface area contributed by atoms with Crippen LogP contribution in [0.1, 0.15) is 50.8 Å². The predicted molar refractivity (Wildman–Crippen MR) is 132 cm³/mol. The number of carbonyl (C=O) groups excluding carboxylic acids is 1. The number of piperidine rings is 1. The summed E-state index contributed by atoms with van der Waals surface area (Å²) in [5.41, 5.74) is -0.699. The molecule has 198 valence electrons. The molecule has 1 aromatic heterocycles. The first-order valence-corrected chi connectivity index (χ1v) is 12.3.